The van der Waals surface area contributed by atoms with Crippen molar-refractivity contribution in [3.05, 3.63) is 12.3 Å². The molecule has 2 nitrogen and oxygen atoms in total. The largest absolute Gasteiger partial charge is 0.371 e. The Morgan fingerprint density at radius 1 is 1.75 bits per heavy atom. The Labute approximate surface area is 48.8 Å². The van der Waals surface area contributed by atoms with Crippen molar-refractivity contribution in [2.24, 2.45) is 0 Å². The Morgan fingerprint density at radius 3 is 2.50 bits per heavy atom. The fraction of sp³-hybridized carbons (Fsp3) is 0.500. The molecule has 1 aliphatic heterocycles. The zero-order valence-corrected chi connectivity index (χ0v) is 4.98. The van der Waals surface area contributed by atoms with Gasteiger partial charge in [-0.2, -0.15) is 0 Å². The molecule has 0 unspecified atom stereocenters. The van der Waals surface area contributed by atoms with Crippen LogP contribution in [0.2, 0.25) is 0 Å². The maximum Gasteiger partial charge on any atom is 0.157 e. The van der Waals surface area contributed by atoms with E-state index in [0.29, 0.717) is 13.0 Å². The van der Waals surface area contributed by atoms with Crippen molar-refractivity contribution < 1.29 is 4.79 Å². The number of hydrogen-bond acceptors (Lipinski definition) is 2. The molecule has 0 N–H and O–H groups in total. The molecule has 2 heteroatoms. The molecule has 0 amide bonds. The zero-order valence-electron chi connectivity index (χ0n) is 4.98. The zero-order chi connectivity index (χ0) is 6.15. The van der Waals surface area contributed by atoms with E-state index in [0.717, 1.165) is 5.70 Å². The second-order valence-electron chi connectivity index (χ2n) is 2.14. The van der Waals surface area contributed by atoms with Gasteiger partial charge < -0.3 is 4.90 Å². The Bertz CT molecular complexity index is 139. The Kier molecular flexibility index (Phi) is 1.08. The minimum absolute atomic E-state index is 0.275. The van der Waals surface area contributed by atoms with Crippen LogP contribution in [0.5, 0.6) is 0 Å². The predicted octanol–water partition coefficient (Wildman–Crippen LogP) is 0.405. The van der Waals surface area contributed by atoms with Gasteiger partial charge in [0, 0.05) is 19.2 Å². The predicted molar refractivity (Wildman–Crippen MR) is 31.4 cm³/mol. The summed E-state index contributed by atoms with van der Waals surface area (Å²) in [4.78, 5) is 12.4. The molecule has 8 heavy (non-hydrogen) atoms. The van der Waals surface area contributed by atoms with Gasteiger partial charge in [-0.3, -0.25) is 4.79 Å². The first-order valence-electron chi connectivity index (χ1n) is 2.61. The van der Waals surface area contributed by atoms with Crippen molar-refractivity contribution in [2.75, 3.05) is 13.6 Å². The summed E-state index contributed by atoms with van der Waals surface area (Å²) in [5.41, 5.74) is 0.940. The van der Waals surface area contributed by atoms with E-state index in [9.17, 15) is 4.79 Å². The van der Waals surface area contributed by atoms with E-state index in [2.05, 4.69) is 6.58 Å². The van der Waals surface area contributed by atoms with Crippen molar-refractivity contribution in [3.63, 3.8) is 0 Å². The summed E-state index contributed by atoms with van der Waals surface area (Å²) in [6.07, 6.45) is 0.552. The molecule has 1 fully saturated rings. The SMILES string of the molecule is C=C1CC(=O)CN1C. The van der Waals surface area contributed by atoms with E-state index in [4.69, 9.17) is 0 Å². The van der Waals surface area contributed by atoms with Gasteiger partial charge in [-0.1, -0.05) is 6.58 Å². The lowest BCUT2D eigenvalue weighted by atomic mass is 10.3. The van der Waals surface area contributed by atoms with Gasteiger partial charge in [0.25, 0.3) is 0 Å². The maximum absolute atomic E-state index is 10.6. The van der Waals surface area contributed by atoms with E-state index in [1.807, 2.05) is 11.9 Å². The molecule has 1 rings (SSSR count). The minimum Gasteiger partial charge on any atom is -0.371 e. The van der Waals surface area contributed by atoms with Crippen LogP contribution >= 0.6 is 0 Å². The molecular formula is C6H9NO. The van der Waals surface area contributed by atoms with Gasteiger partial charge in [-0.15, -0.1) is 0 Å². The monoisotopic (exact) mass is 111 g/mol. The van der Waals surface area contributed by atoms with E-state index in [1.165, 1.54) is 0 Å². The highest BCUT2D eigenvalue weighted by Gasteiger charge is 2.17. The van der Waals surface area contributed by atoms with Gasteiger partial charge in [-0.25, -0.2) is 0 Å². The molecule has 0 aliphatic carbocycles. The van der Waals surface area contributed by atoms with Gasteiger partial charge >= 0.3 is 0 Å². The van der Waals surface area contributed by atoms with Crippen molar-refractivity contribution in [3.8, 4) is 0 Å². The smallest absolute Gasteiger partial charge is 0.157 e. The molecule has 1 saturated heterocycles. The number of carbonyl (C=O) groups is 1. The maximum atomic E-state index is 10.6. The highest BCUT2D eigenvalue weighted by atomic mass is 16.1. The first-order chi connectivity index (χ1) is 3.70. The first-order valence-corrected chi connectivity index (χ1v) is 2.61. The molecule has 44 valence electrons. The average molecular weight is 111 g/mol. The van der Waals surface area contributed by atoms with Crippen LogP contribution < -0.4 is 0 Å². The molecule has 1 aliphatic rings. The number of rotatable bonds is 0. The second-order valence-corrected chi connectivity index (χ2v) is 2.14. The number of likely N-dealkylation sites (tertiary alicyclic amines) is 1. The molecule has 0 saturated carbocycles. The molecule has 0 aromatic carbocycles. The molecule has 0 aromatic rings. The summed E-state index contributed by atoms with van der Waals surface area (Å²) in [7, 11) is 1.88. The lowest BCUT2D eigenvalue weighted by Gasteiger charge is -2.07. The van der Waals surface area contributed by atoms with E-state index >= 15 is 0 Å². The van der Waals surface area contributed by atoms with Crippen molar-refractivity contribution in [2.45, 2.75) is 6.42 Å². The van der Waals surface area contributed by atoms with Crippen LogP contribution in [0, 0.1) is 0 Å². The number of ketones is 1. The van der Waals surface area contributed by atoms with E-state index < -0.39 is 0 Å². The van der Waals surface area contributed by atoms with Crippen molar-refractivity contribution in [1.82, 2.24) is 4.90 Å². The summed E-state index contributed by atoms with van der Waals surface area (Å²) in [6, 6.07) is 0. The fourth-order valence-electron chi connectivity index (χ4n) is 0.795. The fourth-order valence-corrected chi connectivity index (χ4v) is 0.795. The van der Waals surface area contributed by atoms with Crippen LogP contribution in [0.1, 0.15) is 6.42 Å². The van der Waals surface area contributed by atoms with Crippen molar-refractivity contribution >= 4 is 5.78 Å². The summed E-state index contributed by atoms with van der Waals surface area (Å²) < 4.78 is 0. The topological polar surface area (TPSA) is 20.3 Å². The Hall–Kier alpha value is -0.790. The molecule has 1 heterocycles. The molecule has 0 aromatic heterocycles. The summed E-state index contributed by atoms with van der Waals surface area (Å²) in [5.74, 6) is 0.275. The number of hydrogen-bond donors (Lipinski definition) is 0. The summed E-state index contributed by atoms with van der Waals surface area (Å²) in [5, 5.41) is 0. The lowest BCUT2D eigenvalue weighted by Crippen LogP contribution is -2.11. The number of Topliss-reactive ketones (excluding diaryl/α,β-unsaturated/α-hetero) is 1. The number of nitrogens with zero attached hydrogens (tertiary/aromatic N) is 1. The Morgan fingerprint density at radius 2 is 2.38 bits per heavy atom. The lowest BCUT2D eigenvalue weighted by molar-refractivity contribution is -0.116. The average Bonchev–Trinajstić information content (AvgIpc) is 1.85. The number of likely N-dealkylation sites (N-methyl/N-ethyl adjacent to an activating group) is 1. The van der Waals surface area contributed by atoms with Gasteiger partial charge in [0.05, 0.1) is 6.54 Å². The highest BCUT2D eigenvalue weighted by molar-refractivity contribution is 5.85. The molecule has 0 bridgehead atoms. The van der Waals surface area contributed by atoms with Gasteiger partial charge in [0.1, 0.15) is 0 Å². The number of allylic oxidation sites excluding steroid dienone is 1. The van der Waals surface area contributed by atoms with Gasteiger partial charge in [0.15, 0.2) is 5.78 Å². The molecule has 0 spiro atoms. The van der Waals surface area contributed by atoms with Crippen LogP contribution in [0.25, 0.3) is 0 Å². The normalized spacial score (nSPS) is 20.4. The summed E-state index contributed by atoms with van der Waals surface area (Å²) in [6.45, 7) is 4.25. The summed E-state index contributed by atoms with van der Waals surface area (Å²) >= 11 is 0. The minimum atomic E-state index is 0.275. The molecule has 0 atom stereocenters. The van der Waals surface area contributed by atoms with Crippen LogP contribution in [0.4, 0.5) is 0 Å². The van der Waals surface area contributed by atoms with Gasteiger partial charge in [-0.05, 0) is 0 Å². The third-order valence-electron chi connectivity index (χ3n) is 1.35. The third-order valence-corrected chi connectivity index (χ3v) is 1.35. The van der Waals surface area contributed by atoms with Gasteiger partial charge in [0.2, 0.25) is 0 Å². The number of carbonyl (C=O) groups excluding carboxylic acids is 1. The van der Waals surface area contributed by atoms with E-state index in [1.54, 1.807) is 0 Å². The quantitative estimate of drug-likeness (QED) is 0.451. The van der Waals surface area contributed by atoms with Crippen LogP contribution in [-0.2, 0) is 4.79 Å². The molecular weight excluding hydrogens is 102 g/mol. The first kappa shape index (κ1) is 5.35. The van der Waals surface area contributed by atoms with Crippen molar-refractivity contribution in [1.29, 1.82) is 0 Å². The van der Waals surface area contributed by atoms with Crippen LogP contribution in [-0.4, -0.2) is 24.3 Å². The molecule has 0 radical (unpaired) electrons. The third kappa shape index (κ3) is 0.735. The standard InChI is InChI=1S/C6H9NO/c1-5-3-6(8)4-7(5)2/h1,3-4H2,2H3. The Balaban J connectivity index is 2.64. The van der Waals surface area contributed by atoms with Crippen LogP contribution in [0.15, 0.2) is 12.3 Å². The van der Waals surface area contributed by atoms with Crippen LogP contribution in [0.3, 0.4) is 0 Å². The highest BCUT2D eigenvalue weighted by Crippen LogP contribution is 2.12. The second kappa shape index (κ2) is 1.62. The van der Waals surface area contributed by atoms with E-state index in [-0.39, 0.29) is 5.78 Å².